The van der Waals surface area contributed by atoms with Gasteiger partial charge in [0.25, 0.3) is 5.91 Å². The van der Waals surface area contributed by atoms with E-state index >= 15 is 0 Å². The third kappa shape index (κ3) is 3.87. The molecule has 6 nitrogen and oxygen atoms in total. The maximum Gasteiger partial charge on any atom is 0.255 e. The van der Waals surface area contributed by atoms with E-state index in [1.54, 1.807) is 18.2 Å². The van der Waals surface area contributed by atoms with Gasteiger partial charge in [0.2, 0.25) is 10.0 Å². The molecule has 0 aliphatic carbocycles. The number of nitrogens with zero attached hydrogens (tertiary/aromatic N) is 1. The predicted molar refractivity (Wildman–Crippen MR) is 93.3 cm³/mol. The Kier molecular flexibility index (Phi) is 5.48. The third-order valence-corrected chi connectivity index (χ3v) is 5.33. The molecule has 0 saturated heterocycles. The maximum absolute atomic E-state index is 12.3. The van der Waals surface area contributed by atoms with Crippen LogP contribution < -0.4 is 10.1 Å². The van der Waals surface area contributed by atoms with Gasteiger partial charge in [-0.1, -0.05) is 17.7 Å². The van der Waals surface area contributed by atoms with E-state index in [1.165, 1.54) is 45.5 Å². The summed E-state index contributed by atoms with van der Waals surface area (Å²) >= 11 is 5.88. The second-order valence-corrected chi connectivity index (χ2v) is 7.70. The number of carbonyl (C=O) groups excluding carboxylic acids is 1. The summed E-state index contributed by atoms with van der Waals surface area (Å²) in [4.78, 5) is 12.4. The molecule has 24 heavy (non-hydrogen) atoms. The average molecular weight is 369 g/mol. The van der Waals surface area contributed by atoms with Crippen LogP contribution >= 0.6 is 11.6 Å². The Bertz CT molecular complexity index is 866. The van der Waals surface area contributed by atoms with Crippen molar-refractivity contribution in [2.45, 2.75) is 4.90 Å². The zero-order valence-electron chi connectivity index (χ0n) is 13.4. The maximum atomic E-state index is 12.3. The van der Waals surface area contributed by atoms with Crippen molar-refractivity contribution in [1.29, 1.82) is 0 Å². The van der Waals surface area contributed by atoms with Crippen molar-refractivity contribution in [3.05, 3.63) is 53.1 Å². The Labute approximate surface area is 146 Å². The molecule has 1 N–H and O–H groups in total. The molecule has 128 valence electrons. The van der Waals surface area contributed by atoms with Crippen LogP contribution in [0.5, 0.6) is 5.75 Å². The first kappa shape index (κ1) is 18.3. The molecule has 8 heteroatoms. The Balaban J connectivity index is 2.40. The Morgan fingerprint density at radius 1 is 1.17 bits per heavy atom. The van der Waals surface area contributed by atoms with E-state index in [9.17, 15) is 13.2 Å². The molecule has 0 heterocycles. The number of carbonyl (C=O) groups is 1. The highest BCUT2D eigenvalue weighted by atomic mass is 35.5. The normalized spacial score (nSPS) is 11.4. The van der Waals surface area contributed by atoms with E-state index in [0.29, 0.717) is 16.3 Å². The van der Waals surface area contributed by atoms with E-state index < -0.39 is 15.9 Å². The molecule has 0 bridgehead atoms. The van der Waals surface area contributed by atoms with Crippen LogP contribution in [0.2, 0.25) is 5.02 Å². The van der Waals surface area contributed by atoms with Crippen LogP contribution in [-0.4, -0.2) is 39.8 Å². The number of rotatable bonds is 5. The summed E-state index contributed by atoms with van der Waals surface area (Å²) in [6.45, 7) is 0. The number of sulfonamides is 1. The van der Waals surface area contributed by atoms with Crippen molar-refractivity contribution in [1.82, 2.24) is 4.31 Å². The number of amides is 1. The fourth-order valence-corrected chi connectivity index (χ4v) is 3.10. The first-order chi connectivity index (χ1) is 11.3. The van der Waals surface area contributed by atoms with E-state index in [1.807, 2.05) is 0 Å². The minimum absolute atomic E-state index is 0.0506. The highest BCUT2D eigenvalue weighted by Gasteiger charge is 2.20. The van der Waals surface area contributed by atoms with Crippen LogP contribution in [0.3, 0.4) is 0 Å². The van der Waals surface area contributed by atoms with E-state index in [0.717, 1.165) is 4.31 Å². The first-order valence-corrected chi connectivity index (χ1v) is 8.75. The molecular weight excluding hydrogens is 352 g/mol. The van der Waals surface area contributed by atoms with Gasteiger partial charge < -0.3 is 10.1 Å². The van der Waals surface area contributed by atoms with Crippen LogP contribution in [0.1, 0.15) is 10.4 Å². The number of nitrogens with one attached hydrogen (secondary N) is 1. The Morgan fingerprint density at radius 3 is 2.46 bits per heavy atom. The molecule has 0 aliphatic heterocycles. The van der Waals surface area contributed by atoms with Gasteiger partial charge in [0.1, 0.15) is 5.75 Å². The molecule has 1 amide bonds. The van der Waals surface area contributed by atoms with Gasteiger partial charge in [0.15, 0.2) is 0 Å². The highest BCUT2D eigenvalue weighted by Crippen LogP contribution is 2.29. The molecule has 0 unspecified atom stereocenters. The minimum Gasteiger partial charge on any atom is -0.495 e. The number of halogens is 1. The minimum atomic E-state index is -3.63. The van der Waals surface area contributed by atoms with Crippen molar-refractivity contribution in [2.24, 2.45) is 0 Å². The van der Waals surface area contributed by atoms with E-state index in [-0.39, 0.29) is 10.6 Å². The lowest BCUT2D eigenvalue weighted by molar-refractivity contribution is 0.102. The van der Waals surface area contributed by atoms with Gasteiger partial charge in [-0.15, -0.1) is 0 Å². The predicted octanol–water partition coefficient (Wildman–Crippen LogP) is 2.85. The molecule has 0 fully saturated rings. The molecular formula is C16H17ClN2O4S. The van der Waals surface area contributed by atoms with Crippen LogP contribution in [0.25, 0.3) is 0 Å². The quantitative estimate of drug-likeness (QED) is 0.880. The van der Waals surface area contributed by atoms with Crippen molar-refractivity contribution in [3.63, 3.8) is 0 Å². The molecule has 2 aromatic carbocycles. The number of ether oxygens (including phenoxy) is 1. The second kappa shape index (κ2) is 7.21. The van der Waals surface area contributed by atoms with Gasteiger partial charge in [0.05, 0.1) is 17.7 Å². The van der Waals surface area contributed by atoms with Crippen LogP contribution in [-0.2, 0) is 10.0 Å². The van der Waals surface area contributed by atoms with Crippen LogP contribution in [0.4, 0.5) is 5.69 Å². The van der Waals surface area contributed by atoms with Crippen molar-refractivity contribution in [3.8, 4) is 5.75 Å². The summed E-state index contributed by atoms with van der Waals surface area (Å²) in [5, 5.41) is 3.08. The fourth-order valence-electron chi connectivity index (χ4n) is 1.98. The topological polar surface area (TPSA) is 75.7 Å². The summed E-state index contributed by atoms with van der Waals surface area (Å²) in [5.41, 5.74) is 0.607. The molecule has 2 aromatic rings. The summed E-state index contributed by atoms with van der Waals surface area (Å²) in [7, 11) is 0.677. The summed E-state index contributed by atoms with van der Waals surface area (Å²) in [6.07, 6.45) is 0. The second-order valence-electron chi connectivity index (χ2n) is 5.11. The molecule has 0 radical (unpaired) electrons. The van der Waals surface area contributed by atoms with Crippen molar-refractivity contribution < 1.29 is 17.9 Å². The molecule has 2 rings (SSSR count). The average Bonchev–Trinajstić information content (AvgIpc) is 2.54. The molecule has 0 aromatic heterocycles. The molecule has 0 aliphatic rings. The SMILES string of the molecule is COc1ccc(S(=O)(=O)N(C)C)cc1NC(=O)c1cccc(Cl)c1. The summed E-state index contributed by atoms with van der Waals surface area (Å²) in [5.74, 6) is -0.0710. The number of hydrogen-bond acceptors (Lipinski definition) is 4. The Hall–Kier alpha value is -2.09. The van der Waals surface area contributed by atoms with Gasteiger partial charge in [0, 0.05) is 24.7 Å². The van der Waals surface area contributed by atoms with Crippen molar-refractivity contribution >= 4 is 33.2 Å². The van der Waals surface area contributed by atoms with Crippen molar-refractivity contribution in [2.75, 3.05) is 26.5 Å². The lowest BCUT2D eigenvalue weighted by Crippen LogP contribution is -2.22. The van der Waals surface area contributed by atoms with E-state index in [4.69, 9.17) is 16.3 Å². The standard InChI is InChI=1S/C16H17ClN2O4S/c1-19(2)24(21,22)13-7-8-15(23-3)14(10-13)18-16(20)11-5-4-6-12(17)9-11/h4-10H,1-3H3,(H,18,20). The largest absolute Gasteiger partial charge is 0.495 e. The third-order valence-electron chi connectivity index (χ3n) is 3.28. The van der Waals surface area contributed by atoms with Gasteiger partial charge in [-0.25, -0.2) is 12.7 Å². The smallest absolute Gasteiger partial charge is 0.255 e. The number of anilines is 1. The van der Waals surface area contributed by atoms with Crippen LogP contribution in [0.15, 0.2) is 47.4 Å². The molecule has 0 atom stereocenters. The molecule has 0 spiro atoms. The monoisotopic (exact) mass is 368 g/mol. The Morgan fingerprint density at radius 2 is 1.88 bits per heavy atom. The van der Waals surface area contributed by atoms with Gasteiger partial charge in [-0.2, -0.15) is 0 Å². The number of benzene rings is 2. The molecule has 0 saturated carbocycles. The lowest BCUT2D eigenvalue weighted by Gasteiger charge is -2.15. The summed E-state index contributed by atoms with van der Waals surface area (Å²) in [6, 6.07) is 10.7. The number of hydrogen-bond donors (Lipinski definition) is 1. The number of methoxy groups -OCH3 is 1. The van der Waals surface area contributed by atoms with Gasteiger partial charge in [-0.3, -0.25) is 4.79 Å². The van der Waals surface area contributed by atoms with E-state index in [2.05, 4.69) is 5.32 Å². The zero-order chi connectivity index (χ0) is 17.9. The lowest BCUT2D eigenvalue weighted by atomic mass is 10.2. The van der Waals surface area contributed by atoms with Gasteiger partial charge >= 0.3 is 0 Å². The summed E-state index contributed by atoms with van der Waals surface area (Å²) < 4.78 is 30.8. The fraction of sp³-hybridized carbons (Fsp3) is 0.188. The van der Waals surface area contributed by atoms with Crippen LogP contribution in [0, 0.1) is 0 Å². The first-order valence-electron chi connectivity index (χ1n) is 6.93. The van der Waals surface area contributed by atoms with Gasteiger partial charge in [-0.05, 0) is 36.4 Å². The zero-order valence-corrected chi connectivity index (χ0v) is 15.0. The highest BCUT2D eigenvalue weighted by molar-refractivity contribution is 7.89.